The maximum absolute atomic E-state index is 13.3. The number of benzene rings is 1. The van der Waals surface area contributed by atoms with E-state index in [1.54, 1.807) is 0 Å². The second-order valence-corrected chi connectivity index (χ2v) is 10.1. The highest BCUT2D eigenvalue weighted by Gasteiger charge is 2.28. The molecular formula is C20H32N2O2S. The van der Waals surface area contributed by atoms with Crippen LogP contribution in [-0.2, 0) is 9.73 Å². The Hall–Kier alpha value is -1.07. The van der Waals surface area contributed by atoms with Crippen molar-refractivity contribution in [1.82, 2.24) is 0 Å². The van der Waals surface area contributed by atoms with Crippen LogP contribution in [0.3, 0.4) is 0 Å². The van der Waals surface area contributed by atoms with Crippen LogP contribution in [0.15, 0.2) is 29.2 Å². The van der Waals surface area contributed by atoms with Gasteiger partial charge >= 0.3 is 0 Å². The first-order valence-corrected chi connectivity index (χ1v) is 11.4. The fourth-order valence-electron chi connectivity index (χ4n) is 4.17. The van der Waals surface area contributed by atoms with Gasteiger partial charge in [0.2, 0.25) is 0 Å². The fraction of sp³-hybridized carbons (Fsp3) is 0.700. The number of nitrogens with two attached hydrogens (primary N) is 1. The molecule has 0 radical (unpaired) electrons. The van der Waals surface area contributed by atoms with E-state index in [2.05, 4.69) is 0 Å². The minimum absolute atomic E-state index is 0.0735. The molecule has 3 N–H and O–H groups in total. The number of ether oxygens (including phenoxy) is 1. The van der Waals surface area contributed by atoms with Crippen LogP contribution in [0, 0.1) is 10.7 Å². The van der Waals surface area contributed by atoms with E-state index in [-0.39, 0.29) is 11.3 Å². The molecule has 2 fully saturated rings. The second kappa shape index (κ2) is 8.54. The summed E-state index contributed by atoms with van der Waals surface area (Å²) >= 11 is 0. The van der Waals surface area contributed by atoms with Crippen molar-refractivity contribution in [2.75, 3.05) is 6.61 Å². The highest BCUT2D eigenvalue weighted by molar-refractivity contribution is 7.93. The predicted molar refractivity (Wildman–Crippen MR) is 102 cm³/mol. The van der Waals surface area contributed by atoms with Crippen molar-refractivity contribution in [2.24, 2.45) is 11.7 Å². The van der Waals surface area contributed by atoms with Gasteiger partial charge < -0.3 is 10.5 Å². The summed E-state index contributed by atoms with van der Waals surface area (Å²) in [6, 6.07) is 7.51. The lowest BCUT2D eigenvalue weighted by Crippen LogP contribution is -2.28. The highest BCUT2D eigenvalue weighted by Crippen LogP contribution is 2.30. The quantitative estimate of drug-likeness (QED) is 0.743. The third-order valence-electron chi connectivity index (χ3n) is 5.75. The molecule has 2 aliphatic rings. The molecule has 5 heteroatoms. The van der Waals surface area contributed by atoms with Crippen molar-refractivity contribution in [3.63, 3.8) is 0 Å². The van der Waals surface area contributed by atoms with Gasteiger partial charge in [-0.1, -0.05) is 38.2 Å². The third kappa shape index (κ3) is 4.98. The van der Waals surface area contributed by atoms with E-state index in [9.17, 15) is 4.21 Å². The fourth-order valence-corrected chi connectivity index (χ4v) is 6.14. The molecule has 0 saturated heterocycles. The van der Waals surface area contributed by atoms with Gasteiger partial charge in [0, 0.05) is 11.3 Å². The van der Waals surface area contributed by atoms with E-state index in [1.807, 2.05) is 24.3 Å². The van der Waals surface area contributed by atoms with Gasteiger partial charge in [-0.25, -0.2) is 8.99 Å². The molecule has 0 heterocycles. The minimum Gasteiger partial charge on any atom is -0.493 e. The molecule has 3 unspecified atom stereocenters. The van der Waals surface area contributed by atoms with Crippen molar-refractivity contribution in [2.45, 2.75) is 80.4 Å². The molecule has 140 valence electrons. The Morgan fingerprint density at radius 3 is 2.60 bits per heavy atom. The van der Waals surface area contributed by atoms with Gasteiger partial charge in [-0.2, -0.15) is 0 Å². The molecule has 1 aromatic rings. The van der Waals surface area contributed by atoms with Gasteiger partial charge in [0.05, 0.1) is 21.2 Å². The lowest BCUT2D eigenvalue weighted by atomic mass is 9.90. The van der Waals surface area contributed by atoms with E-state index in [0.717, 1.165) is 38.0 Å². The van der Waals surface area contributed by atoms with E-state index < -0.39 is 9.73 Å². The molecule has 0 spiro atoms. The average molecular weight is 365 g/mol. The zero-order valence-electron chi connectivity index (χ0n) is 15.1. The predicted octanol–water partition coefficient (Wildman–Crippen LogP) is 4.71. The second-order valence-electron chi connectivity index (χ2n) is 7.79. The van der Waals surface area contributed by atoms with Crippen molar-refractivity contribution in [1.29, 1.82) is 4.78 Å². The molecule has 0 amide bonds. The van der Waals surface area contributed by atoms with Gasteiger partial charge in [-0.05, 0) is 56.2 Å². The van der Waals surface area contributed by atoms with Crippen molar-refractivity contribution < 1.29 is 8.95 Å². The summed E-state index contributed by atoms with van der Waals surface area (Å²) in [5.41, 5.74) is 6.13. The first-order valence-electron chi connectivity index (χ1n) is 9.82. The lowest BCUT2D eigenvalue weighted by molar-refractivity contribution is 0.208. The number of nitrogens with one attached hydrogen (secondary N) is 1. The van der Waals surface area contributed by atoms with Gasteiger partial charge in [-0.15, -0.1) is 0 Å². The standard InChI is InChI=1S/C20H32N2O2S/c21-17-9-4-5-11-19(13-17)25(22,23)20-12-6-10-18(14-20)24-15-16-7-2-1-3-8-16/h6,10,12,14,16-17,19,22H,1-5,7-9,11,13,15,21H2. The Morgan fingerprint density at radius 2 is 1.80 bits per heavy atom. The normalized spacial score (nSPS) is 28.0. The molecule has 2 aliphatic carbocycles. The zero-order valence-corrected chi connectivity index (χ0v) is 15.9. The Balaban J connectivity index is 1.68. The van der Waals surface area contributed by atoms with Crippen LogP contribution in [0.25, 0.3) is 0 Å². The molecule has 4 nitrogen and oxygen atoms in total. The Labute approximate surface area is 152 Å². The lowest BCUT2D eigenvalue weighted by Gasteiger charge is -2.23. The average Bonchev–Trinajstić information content (AvgIpc) is 2.86. The van der Waals surface area contributed by atoms with Crippen molar-refractivity contribution in [3.8, 4) is 5.75 Å². The van der Waals surface area contributed by atoms with Crippen LogP contribution in [0.2, 0.25) is 0 Å². The van der Waals surface area contributed by atoms with E-state index in [1.165, 1.54) is 32.1 Å². The molecule has 0 bridgehead atoms. The zero-order chi connectivity index (χ0) is 17.7. The van der Waals surface area contributed by atoms with Gasteiger partial charge in [0.15, 0.2) is 0 Å². The van der Waals surface area contributed by atoms with Crippen LogP contribution in [0.5, 0.6) is 5.75 Å². The largest absolute Gasteiger partial charge is 0.493 e. The molecule has 0 aromatic heterocycles. The maximum Gasteiger partial charge on any atom is 0.120 e. The Kier molecular flexibility index (Phi) is 6.39. The van der Waals surface area contributed by atoms with Gasteiger partial charge in [0.25, 0.3) is 0 Å². The van der Waals surface area contributed by atoms with Crippen LogP contribution in [0.1, 0.15) is 64.2 Å². The molecule has 3 atom stereocenters. The summed E-state index contributed by atoms with van der Waals surface area (Å²) in [6.45, 7) is 0.733. The molecule has 2 saturated carbocycles. The maximum atomic E-state index is 13.3. The summed E-state index contributed by atoms with van der Waals surface area (Å²) in [7, 11) is -2.84. The summed E-state index contributed by atoms with van der Waals surface area (Å²) in [5, 5.41) is -0.140. The molecule has 1 aromatic carbocycles. The minimum atomic E-state index is -2.84. The van der Waals surface area contributed by atoms with E-state index in [4.69, 9.17) is 15.3 Å². The SMILES string of the molecule is N=S(=O)(c1cccc(OCC2CCCCC2)c1)C1CCCCC(N)C1. The molecule has 0 aliphatic heterocycles. The summed E-state index contributed by atoms with van der Waals surface area (Å²) in [4.78, 5) is 0.604. The van der Waals surface area contributed by atoms with E-state index >= 15 is 0 Å². The number of rotatable bonds is 5. The topological polar surface area (TPSA) is 76.2 Å². The summed E-state index contributed by atoms with van der Waals surface area (Å²) in [5.74, 6) is 1.39. The highest BCUT2D eigenvalue weighted by atomic mass is 32.2. The van der Waals surface area contributed by atoms with E-state index in [0.29, 0.717) is 17.2 Å². The van der Waals surface area contributed by atoms with Gasteiger partial charge in [-0.3, -0.25) is 0 Å². The smallest absolute Gasteiger partial charge is 0.120 e. The first-order chi connectivity index (χ1) is 12.1. The van der Waals surface area contributed by atoms with Crippen molar-refractivity contribution >= 4 is 9.73 Å². The molecule has 25 heavy (non-hydrogen) atoms. The number of hydrogen-bond acceptors (Lipinski definition) is 4. The Bertz CT molecular complexity index is 653. The van der Waals surface area contributed by atoms with Crippen LogP contribution < -0.4 is 10.5 Å². The Morgan fingerprint density at radius 1 is 1.08 bits per heavy atom. The summed E-state index contributed by atoms with van der Waals surface area (Å²) < 4.78 is 27.8. The van der Waals surface area contributed by atoms with Crippen LogP contribution in [0.4, 0.5) is 0 Å². The molecular weight excluding hydrogens is 332 g/mol. The third-order valence-corrected chi connectivity index (χ3v) is 8.07. The van der Waals surface area contributed by atoms with Crippen molar-refractivity contribution in [3.05, 3.63) is 24.3 Å². The van der Waals surface area contributed by atoms with Crippen LogP contribution in [-0.4, -0.2) is 22.1 Å². The van der Waals surface area contributed by atoms with Crippen LogP contribution >= 0.6 is 0 Å². The summed E-state index contributed by atoms with van der Waals surface area (Å²) in [6.07, 6.45) is 11.0. The number of hydrogen-bond donors (Lipinski definition) is 2. The monoisotopic (exact) mass is 364 g/mol. The first kappa shape index (κ1) is 18.7. The van der Waals surface area contributed by atoms with Gasteiger partial charge in [0.1, 0.15) is 5.75 Å². The molecule has 3 rings (SSSR count).